The lowest BCUT2D eigenvalue weighted by molar-refractivity contribution is -0.146. The lowest BCUT2D eigenvalue weighted by Crippen LogP contribution is -2.17. The van der Waals surface area contributed by atoms with Crippen LogP contribution in [-0.2, 0) is 0 Å². The fourth-order valence-corrected chi connectivity index (χ4v) is 2.03. The number of alkyl halides is 3. The zero-order valence-corrected chi connectivity index (χ0v) is 12.1. The molecule has 0 radical (unpaired) electrons. The smallest absolute Gasteiger partial charge is 0.395 e. The van der Waals surface area contributed by atoms with Crippen molar-refractivity contribution in [3.63, 3.8) is 0 Å². The molecule has 0 saturated carbocycles. The summed E-state index contributed by atoms with van der Waals surface area (Å²) in [6, 6.07) is 10.7. The van der Waals surface area contributed by atoms with E-state index in [1.165, 1.54) is 24.3 Å². The summed E-state index contributed by atoms with van der Waals surface area (Å²) in [5.74, 6) is -1.31. The lowest BCUT2D eigenvalue weighted by Gasteiger charge is -2.15. The highest BCUT2D eigenvalue weighted by atomic mass is 32.2. The molecule has 2 rings (SSSR count). The SMILES string of the molecule is CC(c1ccc(SOc2ccc(C#N)nn2)cc1)C(F)(F)F. The molecule has 1 heterocycles. The minimum Gasteiger partial charge on any atom is -0.399 e. The van der Waals surface area contributed by atoms with Crippen molar-refractivity contribution in [1.82, 2.24) is 10.2 Å². The van der Waals surface area contributed by atoms with E-state index < -0.39 is 12.1 Å². The highest BCUT2D eigenvalue weighted by molar-refractivity contribution is 7.95. The molecular formula is C14H10F3N3OS. The third kappa shape index (κ3) is 4.11. The molecule has 0 aliphatic heterocycles. The second-order valence-corrected chi connectivity index (χ2v) is 5.17. The largest absolute Gasteiger partial charge is 0.399 e. The van der Waals surface area contributed by atoms with E-state index in [1.54, 1.807) is 12.1 Å². The summed E-state index contributed by atoms with van der Waals surface area (Å²) in [6.45, 7) is 1.12. The molecule has 0 N–H and O–H groups in total. The number of hydrogen-bond acceptors (Lipinski definition) is 5. The Morgan fingerprint density at radius 2 is 1.82 bits per heavy atom. The third-order valence-corrected chi connectivity index (χ3v) is 3.57. The van der Waals surface area contributed by atoms with Gasteiger partial charge >= 0.3 is 6.18 Å². The van der Waals surface area contributed by atoms with Gasteiger partial charge in [-0.05, 0) is 30.7 Å². The Kier molecular flexibility index (Phi) is 4.88. The number of benzene rings is 1. The van der Waals surface area contributed by atoms with Gasteiger partial charge in [0.2, 0.25) is 5.88 Å². The van der Waals surface area contributed by atoms with Gasteiger partial charge in [0.25, 0.3) is 0 Å². The van der Waals surface area contributed by atoms with Crippen LogP contribution < -0.4 is 4.18 Å². The van der Waals surface area contributed by atoms with Gasteiger partial charge in [-0.3, -0.25) is 0 Å². The number of nitriles is 1. The normalized spacial score (nSPS) is 12.5. The first kappa shape index (κ1) is 16.1. The summed E-state index contributed by atoms with van der Waals surface area (Å²) in [5, 5.41) is 15.9. The molecule has 2 aromatic rings. The molecule has 1 aromatic carbocycles. The highest BCUT2D eigenvalue weighted by Crippen LogP contribution is 2.35. The maximum Gasteiger partial charge on any atom is 0.395 e. The molecule has 0 amide bonds. The summed E-state index contributed by atoms with van der Waals surface area (Å²) < 4.78 is 43.1. The van der Waals surface area contributed by atoms with Crippen molar-refractivity contribution < 1.29 is 17.4 Å². The van der Waals surface area contributed by atoms with Crippen LogP contribution in [0.25, 0.3) is 0 Å². The van der Waals surface area contributed by atoms with Crippen LogP contribution in [0.2, 0.25) is 0 Å². The first-order valence-electron chi connectivity index (χ1n) is 6.15. The van der Waals surface area contributed by atoms with E-state index in [0.29, 0.717) is 4.90 Å². The van der Waals surface area contributed by atoms with Gasteiger partial charge in [-0.25, -0.2) is 0 Å². The van der Waals surface area contributed by atoms with Crippen LogP contribution in [0.5, 0.6) is 5.88 Å². The van der Waals surface area contributed by atoms with E-state index >= 15 is 0 Å². The van der Waals surface area contributed by atoms with E-state index in [-0.39, 0.29) is 17.1 Å². The standard InChI is InChI=1S/C14H10F3N3OS/c1-9(14(15,16)17)10-2-5-12(6-3-10)22-21-13-7-4-11(8-18)19-20-13/h2-7,9H,1H3. The average molecular weight is 325 g/mol. The van der Waals surface area contributed by atoms with E-state index in [1.807, 2.05) is 6.07 Å². The molecule has 1 aromatic heterocycles. The summed E-state index contributed by atoms with van der Waals surface area (Å²) in [7, 11) is 0. The van der Waals surface area contributed by atoms with Crippen molar-refractivity contribution >= 4 is 12.0 Å². The number of nitrogens with zero attached hydrogens (tertiary/aromatic N) is 3. The number of halogens is 3. The highest BCUT2D eigenvalue weighted by Gasteiger charge is 2.36. The van der Waals surface area contributed by atoms with Gasteiger partial charge in [-0.15, -0.1) is 10.2 Å². The minimum absolute atomic E-state index is 0.169. The molecule has 1 unspecified atom stereocenters. The van der Waals surface area contributed by atoms with E-state index in [9.17, 15) is 13.2 Å². The Bertz CT molecular complexity index is 666. The van der Waals surface area contributed by atoms with Crippen molar-refractivity contribution in [3.8, 4) is 11.9 Å². The summed E-state index contributed by atoms with van der Waals surface area (Å²) in [5.41, 5.74) is 0.359. The number of hydrogen-bond donors (Lipinski definition) is 0. The van der Waals surface area contributed by atoms with Crippen molar-refractivity contribution in [2.24, 2.45) is 0 Å². The van der Waals surface area contributed by atoms with Crippen LogP contribution in [-0.4, -0.2) is 16.4 Å². The lowest BCUT2D eigenvalue weighted by atomic mass is 10.0. The molecular weight excluding hydrogens is 315 g/mol. The zero-order valence-electron chi connectivity index (χ0n) is 11.3. The van der Waals surface area contributed by atoms with Crippen LogP contribution in [0.3, 0.4) is 0 Å². The fourth-order valence-electron chi connectivity index (χ4n) is 1.52. The summed E-state index contributed by atoms with van der Waals surface area (Å²) in [6.07, 6.45) is -4.26. The summed E-state index contributed by atoms with van der Waals surface area (Å²) >= 11 is 0.948. The van der Waals surface area contributed by atoms with Gasteiger partial charge in [-0.1, -0.05) is 12.1 Å². The van der Waals surface area contributed by atoms with Gasteiger partial charge < -0.3 is 4.18 Å². The van der Waals surface area contributed by atoms with E-state index in [4.69, 9.17) is 9.44 Å². The Hall–Kier alpha value is -2.27. The van der Waals surface area contributed by atoms with Crippen molar-refractivity contribution in [2.45, 2.75) is 23.9 Å². The summed E-state index contributed by atoms with van der Waals surface area (Å²) in [4.78, 5) is 0.629. The zero-order chi connectivity index (χ0) is 16.2. The van der Waals surface area contributed by atoms with Crippen LogP contribution in [0.15, 0.2) is 41.3 Å². The second-order valence-electron chi connectivity index (χ2n) is 4.37. The number of aromatic nitrogens is 2. The van der Waals surface area contributed by atoms with Crippen molar-refractivity contribution in [1.29, 1.82) is 5.26 Å². The van der Waals surface area contributed by atoms with Gasteiger partial charge in [0.05, 0.1) is 18.0 Å². The first-order chi connectivity index (χ1) is 10.4. The fraction of sp³-hybridized carbons (Fsp3) is 0.214. The Labute approximate surface area is 129 Å². The van der Waals surface area contributed by atoms with Crippen LogP contribution in [0, 0.1) is 11.3 Å². The first-order valence-corrected chi connectivity index (χ1v) is 6.89. The van der Waals surface area contributed by atoms with Gasteiger partial charge in [0, 0.05) is 11.0 Å². The Morgan fingerprint density at radius 3 is 2.32 bits per heavy atom. The van der Waals surface area contributed by atoms with Gasteiger partial charge in [0.1, 0.15) is 6.07 Å². The molecule has 0 fully saturated rings. The molecule has 0 aliphatic rings. The van der Waals surface area contributed by atoms with Gasteiger partial charge in [0.15, 0.2) is 5.69 Å². The monoisotopic (exact) mass is 325 g/mol. The third-order valence-electron chi connectivity index (χ3n) is 2.85. The Morgan fingerprint density at radius 1 is 1.14 bits per heavy atom. The predicted molar refractivity (Wildman–Crippen MR) is 74.1 cm³/mol. The average Bonchev–Trinajstić information content (AvgIpc) is 2.52. The molecule has 22 heavy (non-hydrogen) atoms. The van der Waals surface area contributed by atoms with Crippen LogP contribution in [0.1, 0.15) is 24.1 Å². The molecule has 0 bridgehead atoms. The van der Waals surface area contributed by atoms with Gasteiger partial charge in [-0.2, -0.15) is 18.4 Å². The molecule has 1 atom stereocenters. The molecule has 4 nitrogen and oxygen atoms in total. The quantitative estimate of drug-likeness (QED) is 0.792. The topological polar surface area (TPSA) is 58.8 Å². The predicted octanol–water partition coefficient (Wildman–Crippen LogP) is 4.10. The number of rotatable bonds is 4. The van der Waals surface area contributed by atoms with E-state index in [0.717, 1.165) is 19.0 Å². The molecule has 0 aliphatic carbocycles. The molecule has 8 heteroatoms. The maximum atomic E-state index is 12.6. The van der Waals surface area contributed by atoms with Crippen molar-refractivity contribution in [2.75, 3.05) is 0 Å². The molecule has 0 spiro atoms. The van der Waals surface area contributed by atoms with E-state index in [2.05, 4.69) is 10.2 Å². The van der Waals surface area contributed by atoms with Crippen molar-refractivity contribution in [3.05, 3.63) is 47.7 Å². The molecule has 114 valence electrons. The van der Waals surface area contributed by atoms with Crippen LogP contribution >= 0.6 is 12.0 Å². The molecule has 0 saturated heterocycles. The Balaban J connectivity index is 1.98. The maximum absolute atomic E-state index is 12.6. The van der Waals surface area contributed by atoms with Crippen LogP contribution in [0.4, 0.5) is 13.2 Å². The minimum atomic E-state index is -4.26. The second kappa shape index (κ2) is 6.66.